The molecule has 1 amide bonds. The summed E-state index contributed by atoms with van der Waals surface area (Å²) in [5, 5.41) is 3.88. The zero-order valence-corrected chi connectivity index (χ0v) is 20.1. The maximum Gasteiger partial charge on any atom is 0.243 e. The molecule has 0 radical (unpaired) electrons. The molecule has 1 aromatic heterocycles. The summed E-state index contributed by atoms with van der Waals surface area (Å²) in [5.41, 5.74) is 3.43. The summed E-state index contributed by atoms with van der Waals surface area (Å²) in [6.07, 6.45) is 7.15. The van der Waals surface area contributed by atoms with Gasteiger partial charge in [-0.1, -0.05) is 37.1 Å². The van der Waals surface area contributed by atoms with Crippen LogP contribution in [0.2, 0.25) is 0 Å². The van der Waals surface area contributed by atoms with Crippen molar-refractivity contribution in [3.8, 4) is 0 Å². The normalized spacial score (nSPS) is 15.4. The van der Waals surface area contributed by atoms with Crippen LogP contribution in [0.25, 0.3) is 10.9 Å². The molecule has 7 heteroatoms. The third-order valence-electron chi connectivity index (χ3n) is 6.50. The van der Waals surface area contributed by atoms with E-state index < -0.39 is 10.0 Å². The fraction of sp³-hybridized carbons (Fsp3) is 0.423. The molecule has 0 unspecified atom stereocenters. The van der Waals surface area contributed by atoms with Crippen LogP contribution in [0.4, 0.5) is 0 Å². The zero-order chi connectivity index (χ0) is 23.3. The van der Waals surface area contributed by atoms with Gasteiger partial charge in [0.2, 0.25) is 15.9 Å². The summed E-state index contributed by atoms with van der Waals surface area (Å²) in [5.74, 6) is 0.0193. The van der Waals surface area contributed by atoms with Crippen molar-refractivity contribution in [3.63, 3.8) is 0 Å². The van der Waals surface area contributed by atoms with E-state index in [0.717, 1.165) is 43.0 Å². The van der Waals surface area contributed by atoms with Crippen molar-refractivity contribution in [2.75, 3.05) is 19.6 Å². The number of nitrogens with one attached hydrogen (secondary N) is 1. The Bertz CT molecular complexity index is 1210. The maximum absolute atomic E-state index is 13.1. The molecule has 2 heterocycles. The van der Waals surface area contributed by atoms with Crippen LogP contribution < -0.4 is 5.32 Å². The number of nitrogens with zero attached hydrogens (tertiary/aromatic N) is 2. The highest BCUT2D eigenvalue weighted by atomic mass is 32.2. The largest absolute Gasteiger partial charge is 0.356 e. The molecule has 1 aliphatic rings. The first-order valence-corrected chi connectivity index (χ1v) is 13.3. The average Bonchev–Trinajstić information content (AvgIpc) is 3.01. The molecule has 3 aromatic rings. The first-order chi connectivity index (χ1) is 15.9. The molecule has 0 bridgehead atoms. The van der Waals surface area contributed by atoms with Crippen molar-refractivity contribution in [2.24, 2.45) is 0 Å². The zero-order valence-electron chi connectivity index (χ0n) is 19.3. The average molecular weight is 468 g/mol. The van der Waals surface area contributed by atoms with E-state index in [2.05, 4.69) is 24.4 Å². The number of hydrogen-bond donors (Lipinski definition) is 1. The Labute approximate surface area is 196 Å². The third kappa shape index (κ3) is 5.65. The monoisotopic (exact) mass is 467 g/mol. The van der Waals surface area contributed by atoms with Crippen molar-refractivity contribution in [1.29, 1.82) is 0 Å². The highest BCUT2D eigenvalue weighted by Crippen LogP contribution is 2.25. The summed E-state index contributed by atoms with van der Waals surface area (Å²) < 4.78 is 29.8. The second-order valence-corrected chi connectivity index (χ2v) is 10.8. The molecule has 1 N–H and O–H groups in total. The van der Waals surface area contributed by atoms with E-state index in [1.165, 1.54) is 11.1 Å². The van der Waals surface area contributed by atoms with Gasteiger partial charge >= 0.3 is 0 Å². The number of amides is 1. The minimum absolute atomic E-state index is 0.0193. The number of hydrogen-bond acceptors (Lipinski definition) is 3. The molecule has 0 atom stereocenters. The Morgan fingerprint density at radius 3 is 2.52 bits per heavy atom. The van der Waals surface area contributed by atoms with E-state index in [9.17, 15) is 13.2 Å². The smallest absolute Gasteiger partial charge is 0.243 e. The van der Waals surface area contributed by atoms with Gasteiger partial charge in [0.1, 0.15) is 0 Å². The number of aryl methyl sites for hydroxylation is 2. The number of carbonyl (C=O) groups is 1. The molecule has 33 heavy (non-hydrogen) atoms. The fourth-order valence-corrected chi connectivity index (χ4v) is 6.06. The van der Waals surface area contributed by atoms with Crippen LogP contribution in [-0.2, 0) is 27.8 Å². The maximum atomic E-state index is 13.1. The van der Waals surface area contributed by atoms with Crippen molar-refractivity contribution in [1.82, 2.24) is 14.2 Å². The minimum atomic E-state index is -3.47. The summed E-state index contributed by atoms with van der Waals surface area (Å²) >= 11 is 0. The van der Waals surface area contributed by atoms with Crippen LogP contribution in [0.1, 0.15) is 43.2 Å². The summed E-state index contributed by atoms with van der Waals surface area (Å²) in [6.45, 7) is 4.45. The molecule has 0 spiro atoms. The van der Waals surface area contributed by atoms with Gasteiger partial charge in [-0.2, -0.15) is 4.31 Å². The SMILES string of the molecule is Cc1ccccc1CCNC(=O)CCn1ccc2cc(S(=O)(=O)N3CCCCCC3)ccc21. The number of sulfonamides is 1. The van der Waals surface area contributed by atoms with Crippen molar-refractivity contribution in [2.45, 2.75) is 56.9 Å². The van der Waals surface area contributed by atoms with Gasteiger partial charge in [-0.05, 0) is 61.6 Å². The molecule has 176 valence electrons. The van der Waals surface area contributed by atoms with Gasteiger partial charge in [-0.15, -0.1) is 0 Å². The predicted octanol–water partition coefficient (Wildman–Crippen LogP) is 4.26. The fourth-order valence-electron chi connectivity index (χ4n) is 4.50. The quantitative estimate of drug-likeness (QED) is 0.538. The molecule has 0 aliphatic carbocycles. The number of aromatic nitrogens is 1. The van der Waals surface area contributed by atoms with Crippen LogP contribution in [0, 0.1) is 6.92 Å². The van der Waals surface area contributed by atoms with Crippen molar-refractivity contribution < 1.29 is 13.2 Å². The Morgan fingerprint density at radius 2 is 1.76 bits per heavy atom. The molecule has 2 aromatic carbocycles. The number of carbonyl (C=O) groups excluding carboxylic acids is 1. The molecule has 1 saturated heterocycles. The van der Waals surface area contributed by atoms with Crippen LogP contribution in [0.3, 0.4) is 0 Å². The molecular formula is C26H33N3O3S. The van der Waals surface area contributed by atoms with Gasteiger partial charge < -0.3 is 9.88 Å². The topological polar surface area (TPSA) is 71.4 Å². The Kier molecular flexibility index (Phi) is 7.50. The van der Waals surface area contributed by atoms with Gasteiger partial charge in [0.15, 0.2) is 0 Å². The molecule has 4 rings (SSSR count). The summed E-state index contributed by atoms with van der Waals surface area (Å²) in [6, 6.07) is 15.4. The third-order valence-corrected chi connectivity index (χ3v) is 8.40. The lowest BCUT2D eigenvalue weighted by atomic mass is 10.1. The van der Waals surface area contributed by atoms with Gasteiger partial charge in [-0.25, -0.2) is 8.42 Å². The van der Waals surface area contributed by atoms with E-state index in [1.54, 1.807) is 16.4 Å². The van der Waals surface area contributed by atoms with Gasteiger partial charge in [0.25, 0.3) is 0 Å². The first-order valence-electron chi connectivity index (χ1n) is 11.9. The number of rotatable bonds is 8. The van der Waals surface area contributed by atoms with Crippen LogP contribution in [0.5, 0.6) is 0 Å². The molecule has 1 fully saturated rings. The van der Waals surface area contributed by atoms with Gasteiger partial charge in [-0.3, -0.25) is 4.79 Å². The van der Waals surface area contributed by atoms with Crippen LogP contribution in [-0.4, -0.2) is 42.8 Å². The highest BCUT2D eigenvalue weighted by molar-refractivity contribution is 7.89. The van der Waals surface area contributed by atoms with E-state index in [4.69, 9.17) is 0 Å². The number of fused-ring (bicyclic) bond motifs is 1. The van der Waals surface area contributed by atoms with E-state index >= 15 is 0 Å². The minimum Gasteiger partial charge on any atom is -0.356 e. The highest BCUT2D eigenvalue weighted by Gasteiger charge is 2.25. The second-order valence-electron chi connectivity index (χ2n) is 8.82. The Balaban J connectivity index is 1.35. The molecule has 6 nitrogen and oxygen atoms in total. The van der Waals surface area contributed by atoms with Gasteiger partial charge in [0, 0.05) is 49.7 Å². The van der Waals surface area contributed by atoms with Crippen molar-refractivity contribution >= 4 is 26.8 Å². The summed E-state index contributed by atoms with van der Waals surface area (Å²) in [7, 11) is -3.47. The number of benzene rings is 2. The van der Waals surface area contributed by atoms with E-state index in [1.807, 2.05) is 35.0 Å². The van der Waals surface area contributed by atoms with E-state index in [-0.39, 0.29) is 5.91 Å². The second kappa shape index (κ2) is 10.5. The van der Waals surface area contributed by atoms with Gasteiger partial charge in [0.05, 0.1) is 4.90 Å². The van der Waals surface area contributed by atoms with Crippen molar-refractivity contribution in [3.05, 3.63) is 65.9 Å². The van der Waals surface area contributed by atoms with Crippen LogP contribution in [0.15, 0.2) is 59.6 Å². The first kappa shape index (κ1) is 23.5. The lowest BCUT2D eigenvalue weighted by molar-refractivity contribution is -0.121. The predicted molar refractivity (Wildman–Crippen MR) is 132 cm³/mol. The summed E-state index contributed by atoms with van der Waals surface area (Å²) in [4.78, 5) is 12.7. The Hall–Kier alpha value is -2.64. The standard InChI is InChI=1S/C26H33N3O3S/c1-21-8-4-5-9-22(21)12-15-27-26(30)14-19-28-18-13-23-20-24(10-11-25(23)28)33(31,32)29-16-6-2-3-7-17-29/h4-5,8-11,13,18,20H,2-3,6-7,12,14-17,19H2,1H3,(H,27,30). The lowest BCUT2D eigenvalue weighted by Crippen LogP contribution is -2.31. The molecule has 1 aliphatic heterocycles. The molecular weight excluding hydrogens is 434 g/mol. The lowest BCUT2D eigenvalue weighted by Gasteiger charge is -2.20. The van der Waals surface area contributed by atoms with Crippen LogP contribution >= 0.6 is 0 Å². The Morgan fingerprint density at radius 1 is 1.00 bits per heavy atom. The molecule has 0 saturated carbocycles. The van der Waals surface area contributed by atoms with E-state index in [0.29, 0.717) is 37.5 Å².